The van der Waals surface area contributed by atoms with Crippen molar-refractivity contribution in [2.24, 2.45) is 5.92 Å². The van der Waals surface area contributed by atoms with Crippen LogP contribution < -0.4 is 10.1 Å². The lowest BCUT2D eigenvalue weighted by molar-refractivity contribution is -0.117. The fourth-order valence-electron chi connectivity index (χ4n) is 3.25. The highest BCUT2D eigenvalue weighted by molar-refractivity contribution is 7.89. The number of carbonyl (C=O) groups is 1. The number of ether oxygens (including phenoxy) is 1. The number of nitrogens with zero attached hydrogens (tertiary/aromatic N) is 1. The van der Waals surface area contributed by atoms with Crippen molar-refractivity contribution in [2.75, 3.05) is 21.2 Å². The molecule has 1 N–H and O–H groups in total. The van der Waals surface area contributed by atoms with E-state index in [-0.39, 0.29) is 22.6 Å². The van der Waals surface area contributed by atoms with Crippen LogP contribution in [0.4, 0.5) is 0 Å². The summed E-state index contributed by atoms with van der Waals surface area (Å²) in [5, 5.41) is 3.09. The van der Waals surface area contributed by atoms with Crippen LogP contribution in [0.5, 0.6) is 5.75 Å². The van der Waals surface area contributed by atoms with Crippen LogP contribution in [0.1, 0.15) is 35.6 Å². The van der Waals surface area contributed by atoms with Gasteiger partial charge >= 0.3 is 0 Å². The second-order valence-electron chi connectivity index (χ2n) is 7.77. The van der Waals surface area contributed by atoms with Crippen LogP contribution in [0.3, 0.4) is 0 Å². The molecule has 1 aliphatic rings. The van der Waals surface area contributed by atoms with Crippen molar-refractivity contribution >= 4 is 22.0 Å². The molecule has 1 fully saturated rings. The monoisotopic (exact) mass is 428 g/mol. The van der Waals surface area contributed by atoms with Gasteiger partial charge in [-0.25, -0.2) is 12.7 Å². The molecule has 7 heteroatoms. The molecular weight excluding hydrogens is 400 g/mol. The number of hydrogen-bond acceptors (Lipinski definition) is 4. The standard InChI is InChI=1S/C23H28N2O4S/c1-16-5-9-18(10-6-16)23(19-11-12-19)24-22(26)14-8-17-7-13-20(29-4)21(15-17)30(27,28)25(2)3/h5-10,13-15,19,23H,11-12H2,1-4H3,(H,24,26)/b14-8+. The third kappa shape index (κ3) is 5.09. The number of sulfonamides is 1. The van der Waals surface area contributed by atoms with Crippen LogP contribution in [0.25, 0.3) is 6.08 Å². The van der Waals surface area contributed by atoms with E-state index in [4.69, 9.17) is 4.74 Å². The lowest BCUT2D eigenvalue weighted by Gasteiger charge is -2.18. The highest BCUT2D eigenvalue weighted by atomic mass is 32.2. The Labute approximate surface area is 178 Å². The number of amides is 1. The zero-order chi connectivity index (χ0) is 21.9. The largest absolute Gasteiger partial charge is 0.495 e. The zero-order valence-corrected chi connectivity index (χ0v) is 18.6. The summed E-state index contributed by atoms with van der Waals surface area (Å²) in [6.07, 6.45) is 5.26. The molecule has 1 atom stereocenters. The van der Waals surface area contributed by atoms with E-state index in [1.165, 1.54) is 38.9 Å². The Morgan fingerprint density at radius 2 is 1.83 bits per heavy atom. The van der Waals surface area contributed by atoms with E-state index in [9.17, 15) is 13.2 Å². The van der Waals surface area contributed by atoms with Gasteiger partial charge in [-0.2, -0.15) is 0 Å². The molecule has 1 unspecified atom stereocenters. The number of hydrogen-bond donors (Lipinski definition) is 1. The zero-order valence-electron chi connectivity index (χ0n) is 17.8. The summed E-state index contributed by atoms with van der Waals surface area (Å²) in [5.74, 6) is 0.515. The summed E-state index contributed by atoms with van der Waals surface area (Å²) < 4.78 is 31.4. The van der Waals surface area contributed by atoms with Crippen molar-refractivity contribution in [1.29, 1.82) is 0 Å². The molecule has 1 aliphatic carbocycles. The van der Waals surface area contributed by atoms with Crippen molar-refractivity contribution in [3.05, 3.63) is 65.2 Å². The van der Waals surface area contributed by atoms with Gasteiger partial charge < -0.3 is 10.1 Å². The topological polar surface area (TPSA) is 75.7 Å². The first-order chi connectivity index (χ1) is 14.2. The molecule has 6 nitrogen and oxygen atoms in total. The van der Waals surface area contributed by atoms with E-state index >= 15 is 0 Å². The summed E-state index contributed by atoms with van der Waals surface area (Å²) in [6.45, 7) is 2.04. The average Bonchev–Trinajstić information content (AvgIpc) is 3.56. The van der Waals surface area contributed by atoms with Gasteiger partial charge in [0, 0.05) is 20.2 Å². The molecule has 0 aromatic heterocycles. The van der Waals surface area contributed by atoms with Gasteiger partial charge in [0.2, 0.25) is 15.9 Å². The predicted molar refractivity (Wildman–Crippen MR) is 118 cm³/mol. The third-order valence-corrected chi connectivity index (χ3v) is 7.04. The van der Waals surface area contributed by atoms with E-state index in [1.807, 2.05) is 6.92 Å². The fraction of sp³-hybridized carbons (Fsp3) is 0.348. The van der Waals surface area contributed by atoms with Crippen molar-refractivity contribution in [1.82, 2.24) is 9.62 Å². The highest BCUT2D eigenvalue weighted by Crippen LogP contribution is 2.41. The lowest BCUT2D eigenvalue weighted by atomic mass is 10.0. The van der Waals surface area contributed by atoms with Gasteiger partial charge in [-0.1, -0.05) is 35.9 Å². The number of aryl methyl sites for hydroxylation is 1. The van der Waals surface area contributed by atoms with Crippen LogP contribution in [-0.4, -0.2) is 39.8 Å². The quantitative estimate of drug-likeness (QED) is 0.653. The van der Waals surface area contributed by atoms with E-state index in [0.29, 0.717) is 11.5 Å². The molecule has 160 valence electrons. The Morgan fingerprint density at radius 3 is 2.40 bits per heavy atom. The first kappa shape index (κ1) is 22.1. The van der Waals surface area contributed by atoms with E-state index in [2.05, 4.69) is 29.6 Å². The molecule has 0 saturated heterocycles. The molecule has 0 bridgehead atoms. The van der Waals surface area contributed by atoms with E-state index < -0.39 is 10.0 Å². The summed E-state index contributed by atoms with van der Waals surface area (Å²) in [4.78, 5) is 12.6. The van der Waals surface area contributed by atoms with Crippen molar-refractivity contribution < 1.29 is 17.9 Å². The molecule has 0 aliphatic heterocycles. The molecule has 0 radical (unpaired) electrons. The van der Waals surface area contributed by atoms with Crippen LogP contribution >= 0.6 is 0 Å². The number of nitrogens with one attached hydrogen (secondary N) is 1. The molecule has 30 heavy (non-hydrogen) atoms. The van der Waals surface area contributed by atoms with Crippen LogP contribution in [-0.2, 0) is 14.8 Å². The maximum Gasteiger partial charge on any atom is 0.246 e. The van der Waals surface area contributed by atoms with Crippen LogP contribution in [0.2, 0.25) is 0 Å². The molecule has 0 heterocycles. The lowest BCUT2D eigenvalue weighted by Crippen LogP contribution is -2.28. The minimum Gasteiger partial charge on any atom is -0.495 e. The first-order valence-electron chi connectivity index (χ1n) is 9.88. The number of benzene rings is 2. The molecule has 1 amide bonds. The van der Waals surface area contributed by atoms with Crippen molar-refractivity contribution in [2.45, 2.75) is 30.7 Å². The Morgan fingerprint density at radius 1 is 1.17 bits per heavy atom. The second kappa shape index (κ2) is 9.02. The molecular formula is C23H28N2O4S. The van der Waals surface area contributed by atoms with E-state index in [0.717, 1.165) is 22.7 Å². The molecule has 1 saturated carbocycles. The van der Waals surface area contributed by atoms with Gasteiger partial charge in [0.15, 0.2) is 0 Å². The number of rotatable bonds is 8. The van der Waals surface area contributed by atoms with Gasteiger partial charge in [0.1, 0.15) is 10.6 Å². The molecule has 3 rings (SSSR count). The fourth-order valence-corrected chi connectivity index (χ4v) is 4.33. The Kier molecular flexibility index (Phi) is 6.63. The van der Waals surface area contributed by atoms with Gasteiger partial charge in [0.25, 0.3) is 0 Å². The Hall–Kier alpha value is -2.64. The van der Waals surface area contributed by atoms with Gasteiger partial charge in [-0.3, -0.25) is 4.79 Å². The van der Waals surface area contributed by atoms with Gasteiger partial charge in [0.05, 0.1) is 13.2 Å². The smallest absolute Gasteiger partial charge is 0.246 e. The normalized spacial score (nSPS) is 15.4. The maximum atomic E-state index is 12.6. The predicted octanol–water partition coefficient (Wildman–Crippen LogP) is 3.53. The van der Waals surface area contributed by atoms with Crippen molar-refractivity contribution in [3.8, 4) is 5.75 Å². The summed E-state index contributed by atoms with van der Waals surface area (Å²) >= 11 is 0. The first-order valence-corrected chi connectivity index (χ1v) is 11.3. The second-order valence-corrected chi connectivity index (χ2v) is 9.89. The van der Waals surface area contributed by atoms with Gasteiger partial charge in [-0.15, -0.1) is 0 Å². The Balaban J connectivity index is 1.78. The minimum absolute atomic E-state index is 0.0108. The number of carbonyl (C=O) groups excluding carboxylic acids is 1. The molecule has 2 aromatic rings. The maximum absolute atomic E-state index is 12.6. The Bertz CT molecular complexity index is 1040. The molecule has 2 aromatic carbocycles. The number of methoxy groups -OCH3 is 1. The SMILES string of the molecule is COc1ccc(/C=C/C(=O)NC(c2ccc(C)cc2)C2CC2)cc1S(=O)(=O)N(C)C. The van der Waals surface area contributed by atoms with Crippen LogP contribution in [0, 0.1) is 12.8 Å². The highest BCUT2D eigenvalue weighted by Gasteiger charge is 2.33. The van der Waals surface area contributed by atoms with Crippen molar-refractivity contribution in [3.63, 3.8) is 0 Å². The van der Waals surface area contributed by atoms with Gasteiger partial charge in [-0.05, 0) is 55.0 Å². The third-order valence-electron chi connectivity index (χ3n) is 5.20. The summed E-state index contributed by atoms with van der Waals surface area (Å²) in [5.41, 5.74) is 2.89. The van der Waals surface area contributed by atoms with E-state index in [1.54, 1.807) is 18.2 Å². The van der Waals surface area contributed by atoms with Crippen LogP contribution in [0.15, 0.2) is 53.4 Å². The average molecular weight is 429 g/mol. The molecule has 0 spiro atoms. The summed E-state index contributed by atoms with van der Waals surface area (Å²) in [6, 6.07) is 13.0. The summed E-state index contributed by atoms with van der Waals surface area (Å²) in [7, 11) is 0.690. The minimum atomic E-state index is -3.67.